The first-order chi connectivity index (χ1) is 8.01. The highest BCUT2D eigenvalue weighted by Crippen LogP contribution is 2.20. The molecule has 0 radical (unpaired) electrons. The molecule has 6 nitrogen and oxygen atoms in total. The Morgan fingerprint density at radius 3 is 2.82 bits per heavy atom. The highest BCUT2D eigenvalue weighted by Gasteiger charge is 2.30. The maximum atomic E-state index is 12.2. The van der Waals surface area contributed by atoms with Crippen molar-refractivity contribution in [2.24, 2.45) is 0 Å². The van der Waals surface area contributed by atoms with Gasteiger partial charge in [-0.2, -0.15) is 4.31 Å². The van der Waals surface area contributed by atoms with Crippen LogP contribution in [0.1, 0.15) is 6.42 Å². The van der Waals surface area contributed by atoms with Crippen LogP contribution in [-0.4, -0.2) is 44.0 Å². The van der Waals surface area contributed by atoms with E-state index in [0.717, 1.165) is 6.42 Å². The van der Waals surface area contributed by atoms with E-state index in [1.807, 2.05) is 0 Å². The topological polar surface area (TPSA) is 85.5 Å². The number of rotatable bonds is 3. The summed E-state index contributed by atoms with van der Waals surface area (Å²) < 4.78 is 31.0. The summed E-state index contributed by atoms with van der Waals surface area (Å²) in [6.07, 6.45) is 2.00. The van der Waals surface area contributed by atoms with Gasteiger partial charge in [0.05, 0.1) is 12.6 Å². The summed E-state index contributed by atoms with van der Waals surface area (Å²) >= 11 is 0. The van der Waals surface area contributed by atoms with Crippen LogP contribution < -0.4 is 5.73 Å². The summed E-state index contributed by atoms with van der Waals surface area (Å²) in [4.78, 5) is 3.95. The van der Waals surface area contributed by atoms with Gasteiger partial charge in [-0.3, -0.25) is 0 Å². The number of anilines is 1. The standard InChI is InChI=1S/C10H15N3O3S/c1-13(8-4-5-16-7-8)17(14,15)9-2-3-10(11)12-6-9/h2-3,6,8H,4-5,7H2,1H3,(H2,11,12). The summed E-state index contributed by atoms with van der Waals surface area (Å²) in [7, 11) is -1.94. The van der Waals surface area contributed by atoms with Gasteiger partial charge < -0.3 is 10.5 Å². The number of hydrogen-bond donors (Lipinski definition) is 1. The summed E-state index contributed by atoms with van der Waals surface area (Å²) in [6, 6.07) is 2.84. The number of nitrogens with zero attached hydrogens (tertiary/aromatic N) is 2. The molecule has 1 aromatic rings. The van der Waals surface area contributed by atoms with Crippen LogP contribution >= 0.6 is 0 Å². The van der Waals surface area contributed by atoms with E-state index in [2.05, 4.69) is 4.98 Å². The van der Waals surface area contributed by atoms with E-state index in [-0.39, 0.29) is 10.9 Å². The molecular weight excluding hydrogens is 242 g/mol. The molecule has 2 N–H and O–H groups in total. The van der Waals surface area contributed by atoms with Crippen molar-refractivity contribution >= 4 is 15.8 Å². The molecule has 0 amide bonds. The fourth-order valence-corrected chi connectivity index (χ4v) is 3.03. The van der Waals surface area contributed by atoms with Gasteiger partial charge >= 0.3 is 0 Å². The van der Waals surface area contributed by atoms with E-state index in [9.17, 15) is 8.42 Å². The molecule has 2 rings (SSSR count). The number of hydrogen-bond acceptors (Lipinski definition) is 5. The first-order valence-corrected chi connectivity index (χ1v) is 6.73. The molecule has 2 heterocycles. The van der Waals surface area contributed by atoms with E-state index >= 15 is 0 Å². The van der Waals surface area contributed by atoms with Gasteiger partial charge in [-0.1, -0.05) is 0 Å². The lowest BCUT2D eigenvalue weighted by Crippen LogP contribution is -2.37. The van der Waals surface area contributed by atoms with Crippen LogP contribution in [0.3, 0.4) is 0 Å². The van der Waals surface area contributed by atoms with E-state index < -0.39 is 10.0 Å². The van der Waals surface area contributed by atoms with Gasteiger partial charge in [-0.05, 0) is 18.6 Å². The third-order valence-electron chi connectivity index (χ3n) is 2.86. The molecule has 94 valence electrons. The second kappa shape index (κ2) is 4.59. The molecule has 1 atom stereocenters. The van der Waals surface area contributed by atoms with Crippen molar-refractivity contribution in [2.45, 2.75) is 17.4 Å². The molecule has 17 heavy (non-hydrogen) atoms. The minimum absolute atomic E-state index is 0.0995. The molecular formula is C10H15N3O3S. The Kier molecular flexibility index (Phi) is 3.32. The van der Waals surface area contributed by atoms with Crippen molar-refractivity contribution in [3.63, 3.8) is 0 Å². The van der Waals surface area contributed by atoms with Crippen molar-refractivity contribution in [1.82, 2.24) is 9.29 Å². The van der Waals surface area contributed by atoms with Crippen LogP contribution in [-0.2, 0) is 14.8 Å². The lowest BCUT2D eigenvalue weighted by atomic mass is 10.3. The first-order valence-electron chi connectivity index (χ1n) is 5.29. The Bertz CT molecular complexity index is 480. The van der Waals surface area contributed by atoms with Crippen molar-refractivity contribution in [3.8, 4) is 0 Å². The molecule has 1 saturated heterocycles. The fourth-order valence-electron chi connectivity index (χ4n) is 1.72. The maximum Gasteiger partial charge on any atom is 0.244 e. The smallest absolute Gasteiger partial charge is 0.244 e. The quantitative estimate of drug-likeness (QED) is 0.828. The SMILES string of the molecule is CN(C1CCOC1)S(=O)(=O)c1ccc(N)nc1. The van der Waals surface area contributed by atoms with Crippen molar-refractivity contribution < 1.29 is 13.2 Å². The number of nitrogen functional groups attached to an aromatic ring is 1. The second-order valence-electron chi connectivity index (χ2n) is 3.96. The Balaban J connectivity index is 2.26. The lowest BCUT2D eigenvalue weighted by Gasteiger charge is -2.22. The van der Waals surface area contributed by atoms with Crippen LogP contribution in [0, 0.1) is 0 Å². The van der Waals surface area contributed by atoms with Crippen LogP contribution in [0.5, 0.6) is 0 Å². The Labute approximate surface area is 100 Å². The monoisotopic (exact) mass is 257 g/mol. The van der Waals surface area contributed by atoms with E-state index in [4.69, 9.17) is 10.5 Å². The minimum Gasteiger partial charge on any atom is -0.384 e. The van der Waals surface area contributed by atoms with Gasteiger partial charge in [0, 0.05) is 19.9 Å². The van der Waals surface area contributed by atoms with Crippen LogP contribution in [0.25, 0.3) is 0 Å². The zero-order valence-corrected chi connectivity index (χ0v) is 10.4. The first kappa shape index (κ1) is 12.3. The van der Waals surface area contributed by atoms with Crippen LogP contribution in [0.15, 0.2) is 23.2 Å². The molecule has 0 aliphatic carbocycles. The third kappa shape index (κ3) is 2.41. The molecule has 0 aromatic carbocycles. The largest absolute Gasteiger partial charge is 0.384 e. The summed E-state index contributed by atoms with van der Waals surface area (Å²) in [5, 5.41) is 0. The van der Waals surface area contributed by atoms with E-state index in [1.165, 1.54) is 22.6 Å². The molecule has 0 bridgehead atoms. The number of pyridine rings is 1. The molecule has 1 unspecified atom stereocenters. The maximum absolute atomic E-state index is 12.2. The fraction of sp³-hybridized carbons (Fsp3) is 0.500. The number of sulfonamides is 1. The van der Waals surface area contributed by atoms with Crippen molar-refractivity contribution in [3.05, 3.63) is 18.3 Å². The molecule has 1 fully saturated rings. The average Bonchev–Trinajstić information content (AvgIpc) is 2.82. The Morgan fingerprint density at radius 1 is 1.53 bits per heavy atom. The van der Waals surface area contributed by atoms with E-state index in [1.54, 1.807) is 7.05 Å². The van der Waals surface area contributed by atoms with Gasteiger partial charge in [0.1, 0.15) is 10.7 Å². The third-order valence-corrected chi connectivity index (χ3v) is 4.75. The summed E-state index contributed by atoms with van der Waals surface area (Å²) in [5.41, 5.74) is 5.43. The average molecular weight is 257 g/mol. The van der Waals surface area contributed by atoms with E-state index in [0.29, 0.717) is 19.0 Å². The number of likely N-dealkylation sites (N-methyl/N-ethyl adjacent to an activating group) is 1. The van der Waals surface area contributed by atoms with Crippen molar-refractivity contribution in [1.29, 1.82) is 0 Å². The van der Waals surface area contributed by atoms with Gasteiger partial charge in [-0.25, -0.2) is 13.4 Å². The zero-order chi connectivity index (χ0) is 12.5. The highest BCUT2D eigenvalue weighted by molar-refractivity contribution is 7.89. The summed E-state index contributed by atoms with van der Waals surface area (Å²) in [6.45, 7) is 1.04. The van der Waals surface area contributed by atoms with Crippen LogP contribution in [0.4, 0.5) is 5.82 Å². The predicted molar refractivity (Wildman–Crippen MR) is 62.8 cm³/mol. The molecule has 7 heteroatoms. The van der Waals surface area contributed by atoms with Crippen molar-refractivity contribution in [2.75, 3.05) is 26.0 Å². The summed E-state index contributed by atoms with van der Waals surface area (Å²) in [5.74, 6) is 0.302. The van der Waals surface area contributed by atoms with Gasteiger partial charge in [0.25, 0.3) is 0 Å². The molecule has 1 aliphatic rings. The molecule has 1 aliphatic heterocycles. The molecule has 1 aromatic heterocycles. The minimum atomic E-state index is -3.50. The number of aromatic nitrogens is 1. The number of nitrogens with two attached hydrogens (primary N) is 1. The molecule has 0 saturated carbocycles. The van der Waals surface area contributed by atoms with Gasteiger partial charge in [0.2, 0.25) is 10.0 Å². The van der Waals surface area contributed by atoms with Gasteiger partial charge in [-0.15, -0.1) is 0 Å². The number of ether oxygens (including phenoxy) is 1. The van der Waals surface area contributed by atoms with Gasteiger partial charge in [0.15, 0.2) is 0 Å². The highest BCUT2D eigenvalue weighted by atomic mass is 32.2. The lowest BCUT2D eigenvalue weighted by molar-refractivity contribution is 0.181. The van der Waals surface area contributed by atoms with Crippen LogP contribution in [0.2, 0.25) is 0 Å². The zero-order valence-electron chi connectivity index (χ0n) is 9.54. The Hall–Kier alpha value is -1.18. The Morgan fingerprint density at radius 2 is 2.29 bits per heavy atom. The second-order valence-corrected chi connectivity index (χ2v) is 5.95. The molecule has 0 spiro atoms. The normalized spacial score (nSPS) is 20.9. The predicted octanol–water partition coefficient (Wildman–Crippen LogP) is 0.0732.